The molecule has 1 saturated heterocycles. The molecule has 0 amide bonds. The van der Waals surface area contributed by atoms with Crippen molar-refractivity contribution in [2.24, 2.45) is 5.92 Å². The third kappa shape index (κ3) is 2.43. The number of rotatable bonds is 3. The zero-order valence-electron chi connectivity index (χ0n) is 10.3. The molecule has 1 aromatic carbocycles. The molecule has 1 aromatic heterocycles. The second-order valence-corrected chi connectivity index (χ2v) is 4.70. The number of para-hydroxylation sites is 1. The molecule has 3 rings (SSSR count). The van der Waals surface area contributed by atoms with E-state index in [9.17, 15) is 0 Å². The highest BCUT2D eigenvalue weighted by atomic mass is 16.5. The van der Waals surface area contributed by atoms with Crippen LogP contribution < -0.4 is 10.1 Å². The van der Waals surface area contributed by atoms with Crippen molar-refractivity contribution in [2.75, 3.05) is 19.7 Å². The largest absolute Gasteiger partial charge is 0.477 e. The normalized spacial score (nSPS) is 16.9. The van der Waals surface area contributed by atoms with Crippen LogP contribution in [-0.2, 0) is 0 Å². The van der Waals surface area contributed by atoms with Gasteiger partial charge in [0.15, 0.2) is 0 Å². The summed E-state index contributed by atoms with van der Waals surface area (Å²) in [7, 11) is 0. The van der Waals surface area contributed by atoms with Gasteiger partial charge in [0.25, 0.3) is 0 Å². The fraction of sp³-hybridized carbons (Fsp3) is 0.429. The highest BCUT2D eigenvalue weighted by molar-refractivity contribution is 5.82. The highest BCUT2D eigenvalue weighted by Crippen LogP contribution is 2.22. The first kappa shape index (κ1) is 11.4. The minimum Gasteiger partial charge on any atom is -0.477 e. The van der Waals surface area contributed by atoms with Crippen molar-refractivity contribution in [3.05, 3.63) is 30.6 Å². The Morgan fingerprint density at radius 3 is 2.89 bits per heavy atom. The number of ether oxygens (including phenoxy) is 1. The fourth-order valence-electron chi connectivity index (χ4n) is 2.34. The Bertz CT molecular complexity index is 518. The van der Waals surface area contributed by atoms with Crippen LogP contribution in [0.5, 0.6) is 5.88 Å². The summed E-state index contributed by atoms with van der Waals surface area (Å²) in [5.74, 6) is 1.35. The summed E-state index contributed by atoms with van der Waals surface area (Å²) >= 11 is 0. The van der Waals surface area contributed by atoms with Crippen LogP contribution in [0.3, 0.4) is 0 Å². The average molecular weight is 243 g/mol. The number of benzene rings is 1. The van der Waals surface area contributed by atoms with E-state index < -0.39 is 0 Å². The zero-order chi connectivity index (χ0) is 12.2. The summed E-state index contributed by atoms with van der Waals surface area (Å²) in [6.07, 6.45) is 3.94. The van der Waals surface area contributed by atoms with Gasteiger partial charge in [0.05, 0.1) is 17.5 Å². The van der Waals surface area contributed by atoms with E-state index >= 15 is 0 Å². The SMILES string of the molecule is c1ccc2c(OCC3CCNCC3)ncnc2c1. The van der Waals surface area contributed by atoms with Gasteiger partial charge in [-0.15, -0.1) is 0 Å². The minimum absolute atomic E-state index is 0.639. The molecule has 0 spiro atoms. The summed E-state index contributed by atoms with van der Waals surface area (Å²) in [6, 6.07) is 7.95. The molecule has 1 aliphatic heterocycles. The lowest BCUT2D eigenvalue weighted by Gasteiger charge is -2.22. The maximum absolute atomic E-state index is 5.88. The summed E-state index contributed by atoms with van der Waals surface area (Å²) in [5.41, 5.74) is 0.938. The lowest BCUT2D eigenvalue weighted by atomic mass is 9.99. The van der Waals surface area contributed by atoms with Gasteiger partial charge in [0, 0.05) is 0 Å². The Morgan fingerprint density at radius 1 is 1.17 bits per heavy atom. The Balaban J connectivity index is 1.74. The summed E-state index contributed by atoms with van der Waals surface area (Å²) in [4.78, 5) is 8.48. The van der Waals surface area contributed by atoms with Crippen molar-refractivity contribution < 1.29 is 4.74 Å². The molecule has 0 unspecified atom stereocenters. The van der Waals surface area contributed by atoms with Gasteiger partial charge < -0.3 is 10.1 Å². The number of nitrogens with zero attached hydrogens (tertiary/aromatic N) is 2. The maximum atomic E-state index is 5.88. The maximum Gasteiger partial charge on any atom is 0.224 e. The van der Waals surface area contributed by atoms with E-state index in [0.29, 0.717) is 11.8 Å². The number of piperidine rings is 1. The molecular formula is C14H17N3O. The Hall–Kier alpha value is -1.68. The molecule has 1 N–H and O–H groups in total. The molecule has 4 nitrogen and oxygen atoms in total. The molecular weight excluding hydrogens is 226 g/mol. The van der Waals surface area contributed by atoms with Crippen LogP contribution in [0.2, 0.25) is 0 Å². The second kappa shape index (κ2) is 5.31. The first-order valence-corrected chi connectivity index (χ1v) is 6.47. The van der Waals surface area contributed by atoms with Crippen molar-refractivity contribution in [2.45, 2.75) is 12.8 Å². The zero-order valence-corrected chi connectivity index (χ0v) is 10.3. The first-order chi connectivity index (χ1) is 8.93. The van der Waals surface area contributed by atoms with E-state index in [1.54, 1.807) is 6.33 Å². The van der Waals surface area contributed by atoms with E-state index in [4.69, 9.17) is 4.74 Å². The van der Waals surface area contributed by atoms with E-state index in [2.05, 4.69) is 15.3 Å². The standard InChI is InChI=1S/C14H17N3O/c1-2-4-13-12(3-1)14(17-10-16-13)18-9-11-5-7-15-8-6-11/h1-4,10-11,15H,5-9H2. The summed E-state index contributed by atoms with van der Waals surface area (Å²) < 4.78 is 5.88. The lowest BCUT2D eigenvalue weighted by molar-refractivity contribution is 0.211. The Labute approximate surface area is 106 Å². The number of hydrogen-bond acceptors (Lipinski definition) is 4. The molecule has 2 aromatic rings. The van der Waals surface area contributed by atoms with Crippen molar-refractivity contribution in [3.8, 4) is 5.88 Å². The number of hydrogen-bond donors (Lipinski definition) is 1. The lowest BCUT2D eigenvalue weighted by Crippen LogP contribution is -2.30. The van der Waals surface area contributed by atoms with Crippen LogP contribution in [-0.4, -0.2) is 29.7 Å². The number of nitrogens with one attached hydrogen (secondary N) is 1. The summed E-state index contributed by atoms with van der Waals surface area (Å²) in [5, 5.41) is 4.36. The van der Waals surface area contributed by atoms with Gasteiger partial charge in [0.1, 0.15) is 6.33 Å². The Morgan fingerprint density at radius 2 is 2.00 bits per heavy atom. The van der Waals surface area contributed by atoms with Gasteiger partial charge in [-0.05, 0) is 44.0 Å². The molecule has 4 heteroatoms. The van der Waals surface area contributed by atoms with Gasteiger partial charge in [0.2, 0.25) is 5.88 Å². The van der Waals surface area contributed by atoms with E-state index in [0.717, 1.165) is 30.6 Å². The Kier molecular flexibility index (Phi) is 3.37. The van der Waals surface area contributed by atoms with Crippen LogP contribution in [0.1, 0.15) is 12.8 Å². The molecule has 0 radical (unpaired) electrons. The van der Waals surface area contributed by atoms with Gasteiger partial charge in [-0.2, -0.15) is 0 Å². The molecule has 18 heavy (non-hydrogen) atoms. The van der Waals surface area contributed by atoms with Crippen LogP contribution in [0, 0.1) is 5.92 Å². The van der Waals surface area contributed by atoms with Crippen molar-refractivity contribution in [1.82, 2.24) is 15.3 Å². The monoisotopic (exact) mass is 243 g/mol. The van der Waals surface area contributed by atoms with Crippen molar-refractivity contribution >= 4 is 10.9 Å². The molecule has 0 aliphatic carbocycles. The minimum atomic E-state index is 0.639. The molecule has 94 valence electrons. The molecule has 2 heterocycles. The smallest absolute Gasteiger partial charge is 0.224 e. The summed E-state index contributed by atoms with van der Waals surface area (Å²) in [6.45, 7) is 2.94. The van der Waals surface area contributed by atoms with E-state index in [-0.39, 0.29) is 0 Å². The van der Waals surface area contributed by atoms with Crippen LogP contribution in [0.4, 0.5) is 0 Å². The predicted octanol–water partition coefficient (Wildman–Crippen LogP) is 2.01. The quantitative estimate of drug-likeness (QED) is 0.895. The van der Waals surface area contributed by atoms with Gasteiger partial charge in [-0.3, -0.25) is 0 Å². The first-order valence-electron chi connectivity index (χ1n) is 6.47. The fourth-order valence-corrected chi connectivity index (χ4v) is 2.34. The van der Waals surface area contributed by atoms with Gasteiger partial charge in [-0.25, -0.2) is 9.97 Å². The third-order valence-corrected chi connectivity index (χ3v) is 3.42. The van der Waals surface area contributed by atoms with Gasteiger partial charge >= 0.3 is 0 Å². The highest BCUT2D eigenvalue weighted by Gasteiger charge is 2.14. The van der Waals surface area contributed by atoms with Gasteiger partial charge in [-0.1, -0.05) is 12.1 Å². The van der Waals surface area contributed by atoms with Crippen molar-refractivity contribution in [3.63, 3.8) is 0 Å². The molecule has 1 fully saturated rings. The predicted molar refractivity (Wildman–Crippen MR) is 70.6 cm³/mol. The van der Waals surface area contributed by atoms with Crippen LogP contribution in [0.15, 0.2) is 30.6 Å². The molecule has 0 bridgehead atoms. The second-order valence-electron chi connectivity index (χ2n) is 4.70. The van der Waals surface area contributed by atoms with Crippen LogP contribution in [0.25, 0.3) is 10.9 Å². The van der Waals surface area contributed by atoms with E-state index in [1.165, 1.54) is 12.8 Å². The van der Waals surface area contributed by atoms with E-state index in [1.807, 2.05) is 24.3 Å². The molecule has 1 aliphatic rings. The van der Waals surface area contributed by atoms with Crippen molar-refractivity contribution in [1.29, 1.82) is 0 Å². The number of aromatic nitrogens is 2. The molecule has 0 saturated carbocycles. The van der Waals surface area contributed by atoms with Crippen LogP contribution >= 0.6 is 0 Å². The molecule has 0 atom stereocenters. The third-order valence-electron chi connectivity index (χ3n) is 3.42. The average Bonchev–Trinajstić information content (AvgIpc) is 2.46. The number of fused-ring (bicyclic) bond motifs is 1. The topological polar surface area (TPSA) is 47.0 Å².